The summed E-state index contributed by atoms with van der Waals surface area (Å²) in [5.41, 5.74) is 5.38. The Bertz CT molecular complexity index is 561. The van der Waals surface area contributed by atoms with Crippen LogP contribution in [0.1, 0.15) is 34.5 Å². The number of thioether (sulfide) groups is 1. The molecule has 0 radical (unpaired) electrons. The minimum Gasteiger partial charge on any atom is -0.480 e. The molecule has 8 nitrogen and oxygen atoms in total. The van der Waals surface area contributed by atoms with Crippen LogP contribution >= 0.6 is 11.8 Å². The summed E-state index contributed by atoms with van der Waals surface area (Å²) < 4.78 is 7.53. The summed E-state index contributed by atoms with van der Waals surface area (Å²) in [4.78, 5) is 35.7. The molecular formula is C14H23N3O5S. The predicted octanol–water partition coefficient (Wildman–Crippen LogP) is -0.326. The molecule has 23 heavy (non-hydrogen) atoms. The Balaban J connectivity index is 1.84. The van der Waals surface area contributed by atoms with Gasteiger partial charge in [0, 0.05) is 17.7 Å². The van der Waals surface area contributed by atoms with Crippen LogP contribution in [-0.4, -0.2) is 67.7 Å². The Kier molecular flexibility index (Phi) is 4.79. The maximum atomic E-state index is 12.0. The number of nitrogens with two attached hydrogens (primary N) is 1. The molecule has 2 aliphatic rings. The lowest BCUT2D eigenvalue weighted by Gasteiger charge is -2.44. The van der Waals surface area contributed by atoms with E-state index in [2.05, 4.69) is 5.32 Å². The van der Waals surface area contributed by atoms with Crippen molar-refractivity contribution in [2.45, 2.75) is 61.3 Å². The lowest BCUT2D eigenvalue weighted by molar-refractivity contribution is -0.146. The summed E-state index contributed by atoms with van der Waals surface area (Å²) in [6.45, 7) is 3.77. The van der Waals surface area contributed by atoms with Gasteiger partial charge < -0.3 is 21.3 Å². The number of nitrogens with zero attached hydrogens (tertiary/aromatic N) is 1. The van der Waals surface area contributed by atoms with Gasteiger partial charge in [-0.15, -0.1) is 11.8 Å². The summed E-state index contributed by atoms with van der Waals surface area (Å²) in [6, 6.07) is -2.89. The predicted molar refractivity (Wildman–Crippen MR) is 85.0 cm³/mol. The van der Waals surface area contributed by atoms with Crippen molar-refractivity contribution in [1.82, 2.24) is 10.2 Å². The molecule has 5 N–H and O–H groups in total. The van der Waals surface area contributed by atoms with Gasteiger partial charge >= 0.3 is 11.9 Å². The maximum absolute atomic E-state index is 12.0. The normalized spacial score (nSPS) is 34.0. The van der Waals surface area contributed by atoms with Gasteiger partial charge in [0.05, 0.1) is 12.8 Å². The summed E-state index contributed by atoms with van der Waals surface area (Å²) in [5.74, 6) is -2.49. The quantitative estimate of drug-likeness (QED) is 0.460. The largest absolute Gasteiger partial charge is 0.480 e. The molecular weight excluding hydrogens is 323 g/mol. The third kappa shape index (κ3) is 3.78. The average molecular weight is 347 g/mol. The van der Waals surface area contributed by atoms with E-state index in [0.29, 0.717) is 13.0 Å². The van der Waals surface area contributed by atoms with Gasteiger partial charge in [0.2, 0.25) is 5.91 Å². The van der Waals surface area contributed by atoms with Crippen LogP contribution in [0, 0.1) is 0 Å². The molecule has 0 aromatic heterocycles. The highest BCUT2D eigenvalue weighted by Gasteiger charge is 2.59. The van der Waals surface area contributed by atoms with Crippen molar-refractivity contribution >= 4 is 29.6 Å². The number of carbonyl (C=O) groups is 3. The molecule has 130 valence electrons. The molecule has 2 aliphatic heterocycles. The SMILES string of the molecule is [2H][C@@]1(C(=O)O)N2C[C@@H](NC(=O)CCC[C@@H](N)C(=O)O)[C@H]2S[13C]1(C)C. The van der Waals surface area contributed by atoms with E-state index in [0.717, 1.165) is 0 Å². The van der Waals surface area contributed by atoms with Gasteiger partial charge in [-0.25, -0.2) is 0 Å². The summed E-state index contributed by atoms with van der Waals surface area (Å²) in [5, 5.41) is 20.7. The van der Waals surface area contributed by atoms with E-state index in [1.165, 1.54) is 11.8 Å². The molecule has 2 rings (SSSR count). The van der Waals surface area contributed by atoms with E-state index in [9.17, 15) is 19.5 Å². The number of carboxylic acid groups (broad SMARTS) is 2. The molecule has 9 heteroatoms. The maximum Gasteiger partial charge on any atom is 0.322 e. The van der Waals surface area contributed by atoms with Gasteiger partial charge in [-0.05, 0) is 26.7 Å². The summed E-state index contributed by atoms with van der Waals surface area (Å²) >= 11 is 1.38. The van der Waals surface area contributed by atoms with Crippen molar-refractivity contribution in [2.24, 2.45) is 5.73 Å². The van der Waals surface area contributed by atoms with Crippen molar-refractivity contribution < 1.29 is 26.0 Å². The first kappa shape index (κ1) is 16.5. The monoisotopic (exact) mass is 347 g/mol. The van der Waals surface area contributed by atoms with Crippen LogP contribution in [-0.2, 0) is 14.4 Å². The van der Waals surface area contributed by atoms with Crippen molar-refractivity contribution in [2.75, 3.05) is 6.54 Å². The lowest BCUT2D eigenvalue weighted by Crippen LogP contribution is -2.66. The molecule has 0 aromatic carbocycles. The topological polar surface area (TPSA) is 133 Å². The van der Waals surface area contributed by atoms with Gasteiger partial charge in [-0.2, -0.15) is 0 Å². The van der Waals surface area contributed by atoms with Crippen molar-refractivity contribution in [3.05, 3.63) is 0 Å². The van der Waals surface area contributed by atoms with Crippen molar-refractivity contribution in [1.29, 1.82) is 0 Å². The molecule has 0 aromatic rings. The van der Waals surface area contributed by atoms with E-state index >= 15 is 0 Å². The van der Waals surface area contributed by atoms with Crippen LogP contribution in [0.2, 0.25) is 0 Å². The van der Waals surface area contributed by atoms with E-state index in [4.69, 9.17) is 12.2 Å². The number of rotatable bonds is 7. The molecule has 2 fully saturated rings. The molecule has 0 spiro atoms. The van der Waals surface area contributed by atoms with Gasteiger partial charge in [0.15, 0.2) is 0 Å². The first-order chi connectivity index (χ1) is 11.0. The zero-order valence-corrected chi connectivity index (χ0v) is 13.9. The van der Waals surface area contributed by atoms with E-state index in [-0.39, 0.29) is 30.2 Å². The number of nitrogens with one attached hydrogen (secondary N) is 1. The van der Waals surface area contributed by atoms with E-state index in [1.54, 1.807) is 18.7 Å². The third-order valence-corrected chi connectivity index (χ3v) is 5.71. The highest BCUT2D eigenvalue weighted by molar-refractivity contribution is 8.01. The molecule has 0 bridgehead atoms. The second-order valence-corrected chi connectivity index (χ2v) is 8.08. The van der Waals surface area contributed by atoms with Gasteiger partial charge in [-0.1, -0.05) is 0 Å². The Morgan fingerprint density at radius 2 is 2.13 bits per heavy atom. The van der Waals surface area contributed by atoms with E-state index < -0.39 is 28.7 Å². The third-order valence-electron chi connectivity index (χ3n) is 4.10. The van der Waals surface area contributed by atoms with Gasteiger partial charge in [-0.3, -0.25) is 19.3 Å². The number of hydrogen-bond acceptors (Lipinski definition) is 6. The fourth-order valence-electron chi connectivity index (χ4n) is 2.94. The zero-order valence-electron chi connectivity index (χ0n) is 14.1. The second-order valence-electron chi connectivity index (χ2n) is 6.34. The molecule has 2 saturated heterocycles. The fourth-order valence-corrected chi connectivity index (χ4v) is 4.49. The highest BCUT2D eigenvalue weighted by Crippen LogP contribution is 2.50. The Morgan fingerprint density at radius 3 is 2.70 bits per heavy atom. The number of fused-ring (bicyclic) bond motifs is 1. The van der Waals surface area contributed by atoms with Crippen LogP contribution in [0.5, 0.6) is 0 Å². The van der Waals surface area contributed by atoms with Crippen molar-refractivity contribution in [3.63, 3.8) is 0 Å². The Morgan fingerprint density at radius 1 is 1.48 bits per heavy atom. The fraction of sp³-hybridized carbons (Fsp3) is 0.786. The number of hydrogen-bond donors (Lipinski definition) is 4. The first-order valence-electron chi connectivity index (χ1n) is 7.96. The van der Waals surface area contributed by atoms with Crippen LogP contribution in [0.25, 0.3) is 0 Å². The summed E-state index contributed by atoms with van der Waals surface area (Å²) in [6.07, 6.45) is 0.763. The van der Waals surface area contributed by atoms with Crippen molar-refractivity contribution in [3.8, 4) is 0 Å². The summed E-state index contributed by atoms with van der Waals surface area (Å²) in [7, 11) is 0. The molecule has 0 aliphatic carbocycles. The Hall–Kier alpha value is -1.32. The van der Waals surface area contributed by atoms with Gasteiger partial charge in [0.1, 0.15) is 12.1 Å². The molecule has 0 saturated carbocycles. The minimum atomic E-state index is -1.71. The number of aliphatic carboxylic acids is 2. The molecule has 0 unspecified atom stereocenters. The van der Waals surface area contributed by atoms with Crippen LogP contribution < -0.4 is 11.1 Å². The van der Waals surface area contributed by atoms with Crippen LogP contribution in [0.4, 0.5) is 0 Å². The number of amides is 1. The van der Waals surface area contributed by atoms with Crippen LogP contribution in [0.15, 0.2) is 0 Å². The second kappa shape index (κ2) is 6.66. The minimum absolute atomic E-state index is 0.170. The molecule has 2 heterocycles. The molecule has 4 atom stereocenters. The standard InChI is InChI=1S/C14H23N3O5S/c1-14(2)10(13(21)22)17-6-8(11(17)23-14)16-9(18)5-3-4-7(15)12(19)20/h7-8,10-11H,3-6,15H2,1-2H3,(H,16,18)(H,19,20)(H,21,22)/t7-,8-,10+,11-/m1/s1/i10D,14+1. The number of carbonyl (C=O) groups excluding carboxylic acids is 1. The van der Waals surface area contributed by atoms with Crippen LogP contribution in [0.3, 0.4) is 0 Å². The Labute approximate surface area is 140 Å². The number of carboxylic acids is 2. The smallest absolute Gasteiger partial charge is 0.322 e. The van der Waals surface area contributed by atoms with Gasteiger partial charge in [0.25, 0.3) is 0 Å². The molecule has 1 amide bonds. The van der Waals surface area contributed by atoms with E-state index in [1.807, 2.05) is 0 Å². The lowest BCUT2D eigenvalue weighted by atomic mass is 10.0. The first-order valence-corrected chi connectivity index (χ1v) is 8.34. The highest BCUT2D eigenvalue weighted by atomic mass is 32.2. The zero-order chi connectivity index (χ0) is 18.3. The average Bonchev–Trinajstić information content (AvgIpc) is 2.63.